The number of fused-ring (bicyclic) bond motifs is 1. The van der Waals surface area contributed by atoms with E-state index in [-0.39, 0.29) is 11.6 Å². The van der Waals surface area contributed by atoms with Crippen LogP contribution in [0, 0.1) is 13.8 Å². The fourth-order valence-corrected chi connectivity index (χ4v) is 2.05. The summed E-state index contributed by atoms with van der Waals surface area (Å²) in [7, 11) is 0. The second kappa shape index (κ2) is 4.81. The lowest BCUT2D eigenvalue weighted by Crippen LogP contribution is -2.09. The number of nitrogens with zero attached hydrogens (tertiary/aromatic N) is 1. The number of nitrogens with one attached hydrogen (secondary N) is 1. The van der Waals surface area contributed by atoms with E-state index in [0.29, 0.717) is 16.7 Å². The molecular weight excluding hydrogens is 252 g/mol. The van der Waals surface area contributed by atoms with Crippen molar-refractivity contribution >= 4 is 10.9 Å². The maximum Gasteiger partial charge on any atom is 0.302 e. The van der Waals surface area contributed by atoms with E-state index in [9.17, 15) is 4.79 Å². The molecular formula is C16H14N2O2. The largest absolute Gasteiger partial charge is 0.425 e. The van der Waals surface area contributed by atoms with E-state index in [0.717, 1.165) is 11.1 Å². The van der Waals surface area contributed by atoms with Gasteiger partial charge in [0.25, 0.3) is 5.56 Å². The number of aryl methyl sites for hydroxylation is 1. The first-order valence-corrected chi connectivity index (χ1v) is 6.38. The molecule has 0 saturated carbocycles. The molecule has 20 heavy (non-hydrogen) atoms. The molecule has 0 atom stereocenters. The van der Waals surface area contributed by atoms with E-state index in [1.807, 2.05) is 44.2 Å². The average molecular weight is 266 g/mol. The predicted molar refractivity (Wildman–Crippen MR) is 78.4 cm³/mol. The van der Waals surface area contributed by atoms with Crippen molar-refractivity contribution < 1.29 is 4.74 Å². The Morgan fingerprint density at radius 1 is 1.05 bits per heavy atom. The summed E-state index contributed by atoms with van der Waals surface area (Å²) < 4.78 is 5.71. The van der Waals surface area contributed by atoms with Gasteiger partial charge >= 0.3 is 6.01 Å². The second-order valence-corrected chi connectivity index (χ2v) is 4.69. The highest BCUT2D eigenvalue weighted by atomic mass is 16.5. The zero-order chi connectivity index (χ0) is 14.1. The summed E-state index contributed by atoms with van der Waals surface area (Å²) in [6.45, 7) is 3.99. The predicted octanol–water partition coefficient (Wildman–Crippen LogP) is 3.33. The highest BCUT2D eigenvalue weighted by Gasteiger charge is 2.07. The average Bonchev–Trinajstić information content (AvgIpc) is 2.44. The van der Waals surface area contributed by atoms with Gasteiger partial charge in [0.2, 0.25) is 0 Å². The zero-order valence-corrected chi connectivity index (χ0v) is 11.3. The van der Waals surface area contributed by atoms with Crippen LogP contribution < -0.4 is 10.3 Å². The summed E-state index contributed by atoms with van der Waals surface area (Å²) in [5.41, 5.74) is 2.58. The van der Waals surface area contributed by atoms with Gasteiger partial charge in [0.1, 0.15) is 5.75 Å². The van der Waals surface area contributed by atoms with Crippen LogP contribution in [0.1, 0.15) is 11.1 Å². The van der Waals surface area contributed by atoms with Crippen molar-refractivity contribution in [2.24, 2.45) is 0 Å². The standard InChI is InChI=1S/C16H14N2O2/c1-10-6-5-9-14(11(10)2)20-16-17-13-8-4-3-7-12(13)15(19)18-16/h3-9H,1-2H3,(H,17,18,19). The number of hydrogen-bond acceptors (Lipinski definition) is 3. The minimum atomic E-state index is -0.198. The van der Waals surface area contributed by atoms with Crippen LogP contribution in [0.15, 0.2) is 47.3 Å². The minimum Gasteiger partial charge on any atom is -0.425 e. The van der Waals surface area contributed by atoms with Gasteiger partial charge in [0.15, 0.2) is 0 Å². The number of rotatable bonds is 2. The molecule has 0 aliphatic heterocycles. The van der Waals surface area contributed by atoms with Crippen molar-refractivity contribution in [1.82, 2.24) is 9.97 Å². The van der Waals surface area contributed by atoms with Crippen LogP contribution >= 0.6 is 0 Å². The summed E-state index contributed by atoms with van der Waals surface area (Å²) in [6.07, 6.45) is 0. The van der Waals surface area contributed by atoms with Gasteiger partial charge < -0.3 is 4.74 Å². The zero-order valence-electron chi connectivity index (χ0n) is 11.3. The monoisotopic (exact) mass is 266 g/mol. The summed E-state index contributed by atoms with van der Waals surface area (Å²) >= 11 is 0. The number of benzene rings is 2. The van der Waals surface area contributed by atoms with Gasteiger partial charge in [-0.25, -0.2) is 0 Å². The first-order chi connectivity index (χ1) is 9.65. The number of hydrogen-bond donors (Lipinski definition) is 1. The quantitative estimate of drug-likeness (QED) is 0.774. The molecule has 0 aliphatic carbocycles. The van der Waals surface area contributed by atoms with E-state index in [4.69, 9.17) is 4.74 Å². The maximum absolute atomic E-state index is 12.0. The summed E-state index contributed by atoms with van der Waals surface area (Å²) in [5.74, 6) is 0.698. The van der Waals surface area contributed by atoms with Crippen molar-refractivity contribution in [2.75, 3.05) is 0 Å². The van der Waals surface area contributed by atoms with Crippen molar-refractivity contribution in [3.63, 3.8) is 0 Å². The Bertz CT molecular complexity index is 837. The second-order valence-electron chi connectivity index (χ2n) is 4.69. The van der Waals surface area contributed by atoms with Gasteiger partial charge in [0.05, 0.1) is 10.9 Å². The normalized spacial score (nSPS) is 10.7. The van der Waals surface area contributed by atoms with Crippen LogP contribution in [0.3, 0.4) is 0 Å². The summed E-state index contributed by atoms with van der Waals surface area (Å²) in [4.78, 5) is 18.9. The lowest BCUT2D eigenvalue weighted by atomic mass is 10.1. The maximum atomic E-state index is 12.0. The van der Waals surface area contributed by atoms with Crippen molar-refractivity contribution in [2.45, 2.75) is 13.8 Å². The van der Waals surface area contributed by atoms with Crippen LogP contribution in [-0.2, 0) is 0 Å². The third-order valence-corrected chi connectivity index (χ3v) is 3.35. The number of ether oxygens (including phenoxy) is 1. The highest BCUT2D eigenvalue weighted by Crippen LogP contribution is 2.24. The molecule has 4 heteroatoms. The molecule has 1 heterocycles. The molecule has 1 N–H and O–H groups in total. The van der Waals surface area contributed by atoms with E-state index in [1.54, 1.807) is 12.1 Å². The lowest BCUT2D eigenvalue weighted by molar-refractivity contribution is 0.439. The van der Waals surface area contributed by atoms with Gasteiger partial charge in [-0.05, 0) is 43.2 Å². The number of aromatic amines is 1. The Morgan fingerprint density at radius 3 is 2.70 bits per heavy atom. The number of H-pyrrole nitrogens is 1. The SMILES string of the molecule is Cc1cccc(Oc2nc3ccccc3c(=O)[nH]2)c1C. The van der Waals surface area contributed by atoms with Gasteiger partial charge in [-0.1, -0.05) is 24.3 Å². The Labute approximate surface area is 116 Å². The lowest BCUT2D eigenvalue weighted by Gasteiger charge is -2.09. The third kappa shape index (κ3) is 2.16. The van der Waals surface area contributed by atoms with Gasteiger partial charge in [-0.2, -0.15) is 4.98 Å². The summed E-state index contributed by atoms with van der Waals surface area (Å²) in [5, 5.41) is 0.556. The van der Waals surface area contributed by atoms with E-state index in [2.05, 4.69) is 9.97 Å². The molecule has 0 fully saturated rings. The molecule has 4 nitrogen and oxygen atoms in total. The van der Waals surface area contributed by atoms with Gasteiger partial charge in [-0.15, -0.1) is 0 Å². The van der Waals surface area contributed by atoms with Crippen LogP contribution in [0.5, 0.6) is 11.8 Å². The van der Waals surface area contributed by atoms with Crippen molar-refractivity contribution in [1.29, 1.82) is 0 Å². The van der Waals surface area contributed by atoms with Crippen LogP contribution in [0.4, 0.5) is 0 Å². The fraction of sp³-hybridized carbons (Fsp3) is 0.125. The Hall–Kier alpha value is -2.62. The van der Waals surface area contributed by atoms with Crippen LogP contribution in [0.25, 0.3) is 10.9 Å². The van der Waals surface area contributed by atoms with Gasteiger partial charge in [-0.3, -0.25) is 9.78 Å². The molecule has 3 rings (SSSR count). The van der Waals surface area contributed by atoms with Gasteiger partial charge in [0, 0.05) is 0 Å². The topological polar surface area (TPSA) is 55.0 Å². The third-order valence-electron chi connectivity index (χ3n) is 3.35. The van der Waals surface area contributed by atoms with Crippen molar-refractivity contribution in [3.05, 3.63) is 63.9 Å². The van der Waals surface area contributed by atoms with E-state index in [1.165, 1.54) is 0 Å². The minimum absolute atomic E-state index is 0.198. The van der Waals surface area contributed by atoms with Crippen molar-refractivity contribution in [3.8, 4) is 11.8 Å². The van der Waals surface area contributed by atoms with Crippen LogP contribution in [-0.4, -0.2) is 9.97 Å². The molecule has 0 saturated heterocycles. The number of aromatic nitrogens is 2. The first kappa shape index (κ1) is 12.4. The van der Waals surface area contributed by atoms with Crippen LogP contribution in [0.2, 0.25) is 0 Å². The molecule has 0 aliphatic rings. The molecule has 0 bridgehead atoms. The molecule has 0 amide bonds. The fourth-order valence-electron chi connectivity index (χ4n) is 2.05. The Balaban J connectivity index is 2.07. The van der Waals surface area contributed by atoms with E-state index >= 15 is 0 Å². The Kier molecular flexibility index (Phi) is 2.99. The Morgan fingerprint density at radius 2 is 1.85 bits per heavy atom. The highest BCUT2D eigenvalue weighted by molar-refractivity contribution is 5.77. The smallest absolute Gasteiger partial charge is 0.302 e. The number of para-hydroxylation sites is 1. The molecule has 1 aromatic heterocycles. The molecule has 2 aromatic carbocycles. The molecule has 0 unspecified atom stereocenters. The molecule has 0 spiro atoms. The van der Waals surface area contributed by atoms with E-state index < -0.39 is 0 Å². The molecule has 3 aromatic rings. The summed E-state index contributed by atoms with van der Waals surface area (Å²) in [6, 6.07) is 13.2. The molecule has 0 radical (unpaired) electrons. The molecule has 100 valence electrons. The first-order valence-electron chi connectivity index (χ1n) is 6.38.